The molecule has 1 N–H and O–H groups in total. The van der Waals surface area contributed by atoms with Crippen LogP contribution in [0.1, 0.15) is 5.56 Å². The van der Waals surface area contributed by atoms with Gasteiger partial charge in [-0.25, -0.2) is 0 Å². The summed E-state index contributed by atoms with van der Waals surface area (Å²) in [6, 6.07) is 4.78. The number of alkyl halides is 3. The van der Waals surface area contributed by atoms with Crippen molar-refractivity contribution >= 4 is 23.2 Å². The molecule has 7 heteroatoms. The first-order valence-corrected chi connectivity index (χ1v) is 5.80. The highest BCUT2D eigenvalue weighted by Gasteiger charge is 2.35. The summed E-state index contributed by atoms with van der Waals surface area (Å²) in [7, 11) is 0. The maximum absolute atomic E-state index is 12.9. The van der Waals surface area contributed by atoms with E-state index in [1.54, 1.807) is 0 Å². The number of aromatic nitrogens is 1. The Morgan fingerprint density at radius 1 is 1.11 bits per heavy atom. The highest BCUT2D eigenvalue weighted by atomic mass is 35.5. The Balaban J connectivity index is 2.82. The van der Waals surface area contributed by atoms with E-state index in [9.17, 15) is 18.0 Å². The molecule has 0 fully saturated rings. The van der Waals surface area contributed by atoms with Crippen LogP contribution in [0, 0.1) is 0 Å². The van der Waals surface area contributed by atoms with Gasteiger partial charge in [0.05, 0.1) is 11.1 Å². The molecule has 0 unspecified atom stereocenters. The molecule has 1 aromatic carbocycles. The lowest BCUT2D eigenvalue weighted by Gasteiger charge is -2.13. The van der Waals surface area contributed by atoms with Crippen LogP contribution < -0.4 is 5.56 Å². The summed E-state index contributed by atoms with van der Waals surface area (Å²) in [6.45, 7) is 0. The normalized spacial score (nSPS) is 11.6. The number of H-pyrrole nitrogens is 1. The van der Waals surface area contributed by atoms with Crippen LogP contribution in [0.5, 0.6) is 0 Å². The van der Waals surface area contributed by atoms with Gasteiger partial charge in [-0.3, -0.25) is 4.79 Å². The number of pyridine rings is 1. The van der Waals surface area contributed by atoms with Crippen molar-refractivity contribution in [3.05, 3.63) is 56.4 Å². The third kappa shape index (κ3) is 2.77. The lowest BCUT2D eigenvalue weighted by molar-refractivity contribution is -0.137. The largest absolute Gasteiger partial charge is 0.417 e. The monoisotopic (exact) mass is 307 g/mol. The molecule has 2 nitrogen and oxygen atoms in total. The van der Waals surface area contributed by atoms with Gasteiger partial charge in [-0.15, -0.1) is 0 Å². The summed E-state index contributed by atoms with van der Waals surface area (Å²) in [5, 5.41) is 0.211. The smallest absolute Gasteiger partial charge is 0.329 e. The fourth-order valence-electron chi connectivity index (χ4n) is 1.67. The maximum Gasteiger partial charge on any atom is 0.417 e. The van der Waals surface area contributed by atoms with Crippen LogP contribution >= 0.6 is 23.2 Å². The van der Waals surface area contributed by atoms with Gasteiger partial charge in [-0.05, 0) is 24.3 Å². The van der Waals surface area contributed by atoms with Crippen molar-refractivity contribution in [3.63, 3.8) is 0 Å². The highest BCUT2D eigenvalue weighted by molar-refractivity contribution is 6.35. The van der Waals surface area contributed by atoms with E-state index >= 15 is 0 Å². The fraction of sp³-hybridized carbons (Fsp3) is 0.0833. The predicted molar refractivity (Wildman–Crippen MR) is 67.5 cm³/mol. The van der Waals surface area contributed by atoms with Crippen LogP contribution in [-0.2, 0) is 6.18 Å². The molecular formula is C12H6Cl2F3NO. The lowest BCUT2D eigenvalue weighted by Crippen LogP contribution is -2.17. The average Bonchev–Trinajstić information content (AvgIpc) is 2.31. The molecule has 1 heterocycles. The van der Waals surface area contributed by atoms with Crippen molar-refractivity contribution in [2.75, 3.05) is 0 Å². The molecule has 0 amide bonds. The van der Waals surface area contributed by atoms with Crippen molar-refractivity contribution < 1.29 is 13.2 Å². The van der Waals surface area contributed by atoms with E-state index in [0.29, 0.717) is 0 Å². The molecule has 19 heavy (non-hydrogen) atoms. The second-order valence-electron chi connectivity index (χ2n) is 3.72. The molecule has 0 aliphatic carbocycles. The summed E-state index contributed by atoms with van der Waals surface area (Å²) >= 11 is 11.6. The molecule has 0 aliphatic heterocycles. The van der Waals surface area contributed by atoms with Gasteiger partial charge in [0.2, 0.25) is 0 Å². The Kier molecular flexibility index (Phi) is 3.60. The van der Waals surface area contributed by atoms with Gasteiger partial charge in [-0.1, -0.05) is 23.2 Å². The second kappa shape index (κ2) is 4.90. The molecule has 2 rings (SSSR count). The zero-order valence-corrected chi connectivity index (χ0v) is 10.7. The fourth-order valence-corrected chi connectivity index (χ4v) is 2.06. The van der Waals surface area contributed by atoms with E-state index in [0.717, 1.165) is 12.3 Å². The first-order chi connectivity index (χ1) is 8.80. The number of aromatic amines is 1. The lowest BCUT2D eigenvalue weighted by atomic mass is 10.0. The summed E-state index contributed by atoms with van der Waals surface area (Å²) in [6.07, 6.45) is -3.72. The Hall–Kier alpha value is -1.46. The van der Waals surface area contributed by atoms with Crippen molar-refractivity contribution in [1.29, 1.82) is 0 Å². The third-order valence-electron chi connectivity index (χ3n) is 2.46. The molecule has 0 spiro atoms. The minimum atomic E-state index is -4.66. The van der Waals surface area contributed by atoms with Gasteiger partial charge in [0.25, 0.3) is 5.56 Å². The van der Waals surface area contributed by atoms with E-state index in [4.69, 9.17) is 23.2 Å². The van der Waals surface area contributed by atoms with Crippen LogP contribution in [0.25, 0.3) is 11.1 Å². The Bertz CT molecular complexity index is 679. The predicted octanol–water partition coefficient (Wildman–Crippen LogP) is 4.37. The van der Waals surface area contributed by atoms with Gasteiger partial charge in [0.1, 0.15) is 0 Å². The summed E-state index contributed by atoms with van der Waals surface area (Å²) < 4.78 is 38.8. The average molecular weight is 308 g/mol. The Morgan fingerprint density at radius 3 is 2.42 bits per heavy atom. The maximum atomic E-state index is 12.9. The summed E-state index contributed by atoms with van der Waals surface area (Å²) in [4.78, 5) is 13.9. The van der Waals surface area contributed by atoms with E-state index in [2.05, 4.69) is 4.98 Å². The van der Waals surface area contributed by atoms with Crippen LogP contribution in [0.4, 0.5) is 13.2 Å². The Morgan fingerprint density at radius 2 is 1.79 bits per heavy atom. The molecule has 1 aromatic heterocycles. The molecule has 0 atom stereocenters. The number of rotatable bonds is 1. The van der Waals surface area contributed by atoms with Gasteiger partial charge in [0, 0.05) is 21.8 Å². The molecule has 0 bridgehead atoms. The van der Waals surface area contributed by atoms with Gasteiger partial charge in [0.15, 0.2) is 0 Å². The standard InChI is InChI=1S/C12H6Cl2F3NO/c13-6-1-2-9(14)7(5-6)10-8(12(15,16)17)3-4-18-11(10)19/h1-5H,(H,18,19). The van der Waals surface area contributed by atoms with E-state index in [1.807, 2.05) is 0 Å². The zero-order valence-electron chi connectivity index (χ0n) is 9.18. The van der Waals surface area contributed by atoms with Gasteiger partial charge < -0.3 is 4.98 Å². The molecular weight excluding hydrogens is 302 g/mol. The molecule has 0 saturated carbocycles. The third-order valence-corrected chi connectivity index (χ3v) is 3.03. The van der Waals surface area contributed by atoms with Gasteiger partial charge in [-0.2, -0.15) is 13.2 Å². The minimum absolute atomic E-state index is 0.0200. The molecule has 0 radical (unpaired) electrons. The zero-order chi connectivity index (χ0) is 14.2. The van der Waals surface area contributed by atoms with Crippen LogP contribution in [0.2, 0.25) is 10.0 Å². The first-order valence-electron chi connectivity index (χ1n) is 5.05. The van der Waals surface area contributed by atoms with E-state index in [1.165, 1.54) is 18.2 Å². The van der Waals surface area contributed by atoms with Crippen LogP contribution in [0.15, 0.2) is 35.3 Å². The van der Waals surface area contributed by atoms with Crippen molar-refractivity contribution in [2.24, 2.45) is 0 Å². The number of hydrogen-bond donors (Lipinski definition) is 1. The molecule has 2 aromatic rings. The molecule has 0 aliphatic rings. The topological polar surface area (TPSA) is 32.9 Å². The number of benzene rings is 1. The Labute approximate surface area is 115 Å². The number of nitrogens with one attached hydrogen (secondary N) is 1. The summed E-state index contributed by atoms with van der Waals surface area (Å²) in [5.41, 5.74) is -2.52. The molecule has 0 saturated heterocycles. The minimum Gasteiger partial charge on any atom is -0.329 e. The highest BCUT2D eigenvalue weighted by Crippen LogP contribution is 2.38. The SMILES string of the molecule is O=c1[nH]ccc(C(F)(F)F)c1-c1cc(Cl)ccc1Cl. The summed E-state index contributed by atoms with van der Waals surface area (Å²) in [5.74, 6) is 0. The second-order valence-corrected chi connectivity index (χ2v) is 4.56. The van der Waals surface area contributed by atoms with E-state index in [-0.39, 0.29) is 15.6 Å². The van der Waals surface area contributed by atoms with Crippen molar-refractivity contribution in [2.45, 2.75) is 6.18 Å². The molecule has 100 valence electrons. The van der Waals surface area contributed by atoms with E-state index < -0.39 is 22.9 Å². The first kappa shape index (κ1) is 14.0. The quantitative estimate of drug-likeness (QED) is 0.834. The van der Waals surface area contributed by atoms with Crippen molar-refractivity contribution in [3.8, 4) is 11.1 Å². The van der Waals surface area contributed by atoms with Gasteiger partial charge >= 0.3 is 6.18 Å². The number of hydrogen-bond acceptors (Lipinski definition) is 1. The number of halogens is 5. The van der Waals surface area contributed by atoms with Crippen molar-refractivity contribution in [1.82, 2.24) is 4.98 Å². The van der Waals surface area contributed by atoms with Crippen LogP contribution in [-0.4, -0.2) is 4.98 Å². The van der Waals surface area contributed by atoms with Crippen LogP contribution in [0.3, 0.4) is 0 Å².